The number of nitrogens with zero attached hydrogens (tertiary/aromatic N) is 2. The zero-order chi connectivity index (χ0) is 18.8. The minimum absolute atomic E-state index is 0.368. The van der Waals surface area contributed by atoms with Crippen LogP contribution >= 0.6 is 0 Å². The van der Waals surface area contributed by atoms with Gasteiger partial charge in [-0.1, -0.05) is 54.1 Å². The van der Waals surface area contributed by atoms with Crippen LogP contribution in [0.4, 0.5) is 0 Å². The number of nitrogens with two attached hydrogens (primary N) is 1. The fourth-order valence-electron chi connectivity index (χ4n) is 3.06. The van der Waals surface area contributed by atoms with E-state index in [1.807, 2.05) is 12.1 Å². The second-order valence-corrected chi connectivity index (χ2v) is 6.36. The van der Waals surface area contributed by atoms with Crippen LogP contribution in [0.2, 0.25) is 0 Å². The molecule has 5 heteroatoms. The van der Waals surface area contributed by atoms with Crippen LogP contribution in [0.1, 0.15) is 15.9 Å². The van der Waals surface area contributed by atoms with Crippen molar-refractivity contribution < 1.29 is 4.79 Å². The summed E-state index contributed by atoms with van der Waals surface area (Å²) < 4.78 is 0. The Kier molecular flexibility index (Phi) is 4.36. The van der Waals surface area contributed by atoms with Gasteiger partial charge in [-0.2, -0.15) is 0 Å². The third kappa shape index (κ3) is 3.28. The second-order valence-electron chi connectivity index (χ2n) is 6.36. The number of hydrazine groups is 1. The Hall–Kier alpha value is -3.57. The molecule has 0 spiro atoms. The van der Waals surface area contributed by atoms with Gasteiger partial charge in [-0.05, 0) is 30.2 Å². The van der Waals surface area contributed by atoms with E-state index < -0.39 is 0 Å². The molecule has 4 aromatic rings. The van der Waals surface area contributed by atoms with Crippen molar-refractivity contribution in [1.82, 2.24) is 15.4 Å². The summed E-state index contributed by atoms with van der Waals surface area (Å²) in [7, 11) is 0. The van der Waals surface area contributed by atoms with E-state index in [-0.39, 0.29) is 5.91 Å². The van der Waals surface area contributed by atoms with Crippen molar-refractivity contribution in [3.8, 4) is 22.4 Å². The third-order valence-electron chi connectivity index (χ3n) is 4.55. The number of pyridine rings is 2. The highest BCUT2D eigenvalue weighted by Crippen LogP contribution is 2.27. The number of benzene rings is 2. The molecule has 5 nitrogen and oxygen atoms in total. The van der Waals surface area contributed by atoms with E-state index in [2.05, 4.69) is 58.7 Å². The first-order valence-electron chi connectivity index (χ1n) is 8.59. The lowest BCUT2D eigenvalue weighted by atomic mass is 10.0. The van der Waals surface area contributed by atoms with Crippen LogP contribution in [-0.2, 0) is 0 Å². The predicted molar refractivity (Wildman–Crippen MR) is 107 cm³/mol. The first-order valence-corrected chi connectivity index (χ1v) is 8.59. The summed E-state index contributed by atoms with van der Waals surface area (Å²) in [6, 6.07) is 20.1. The molecule has 4 rings (SSSR count). The van der Waals surface area contributed by atoms with Crippen LogP contribution in [0.5, 0.6) is 0 Å². The molecule has 0 saturated carbocycles. The van der Waals surface area contributed by atoms with Crippen molar-refractivity contribution >= 4 is 16.8 Å². The average Bonchev–Trinajstić information content (AvgIpc) is 2.73. The zero-order valence-electron chi connectivity index (χ0n) is 14.8. The standard InChI is InChI=1S/C22H18N4O/c1-14-2-4-15(5-3-14)16-6-8-17(9-7-16)21-12-18(22(27)26-23)19-13-24-11-10-20(19)25-21/h2-13H,23H2,1H3,(H,26,27). The number of fused-ring (bicyclic) bond motifs is 1. The Morgan fingerprint density at radius 1 is 0.926 bits per heavy atom. The molecule has 3 N–H and O–H groups in total. The monoisotopic (exact) mass is 354 g/mol. The molecular weight excluding hydrogens is 336 g/mol. The smallest absolute Gasteiger partial charge is 0.265 e. The van der Waals surface area contributed by atoms with Gasteiger partial charge >= 0.3 is 0 Å². The van der Waals surface area contributed by atoms with Gasteiger partial charge in [-0.3, -0.25) is 15.2 Å². The Morgan fingerprint density at radius 3 is 2.22 bits per heavy atom. The molecule has 0 aliphatic carbocycles. The van der Waals surface area contributed by atoms with Gasteiger partial charge in [0.15, 0.2) is 0 Å². The Bertz CT molecular complexity index is 1120. The molecule has 0 aliphatic heterocycles. The summed E-state index contributed by atoms with van der Waals surface area (Å²) in [6.07, 6.45) is 3.28. The Balaban J connectivity index is 1.78. The molecule has 2 aromatic heterocycles. The van der Waals surface area contributed by atoms with E-state index in [1.54, 1.807) is 24.5 Å². The number of aromatic nitrogens is 2. The highest BCUT2D eigenvalue weighted by atomic mass is 16.2. The van der Waals surface area contributed by atoms with Gasteiger partial charge in [0.05, 0.1) is 16.8 Å². The van der Waals surface area contributed by atoms with Gasteiger partial charge < -0.3 is 0 Å². The molecule has 0 atom stereocenters. The normalized spacial score (nSPS) is 10.7. The van der Waals surface area contributed by atoms with Crippen LogP contribution in [0, 0.1) is 6.92 Å². The quantitative estimate of drug-likeness (QED) is 0.332. The minimum atomic E-state index is -0.368. The number of carbonyl (C=O) groups is 1. The lowest BCUT2D eigenvalue weighted by Gasteiger charge is -2.09. The van der Waals surface area contributed by atoms with E-state index in [4.69, 9.17) is 5.84 Å². The minimum Gasteiger partial charge on any atom is -0.290 e. The molecule has 2 aromatic carbocycles. The molecule has 132 valence electrons. The van der Waals surface area contributed by atoms with Crippen LogP contribution in [-0.4, -0.2) is 15.9 Å². The van der Waals surface area contributed by atoms with Crippen molar-refractivity contribution in [2.45, 2.75) is 6.92 Å². The zero-order valence-corrected chi connectivity index (χ0v) is 14.8. The van der Waals surface area contributed by atoms with Crippen LogP contribution in [0.15, 0.2) is 73.1 Å². The summed E-state index contributed by atoms with van der Waals surface area (Å²) in [5.41, 5.74) is 8.50. The molecule has 0 aliphatic rings. The number of nitrogen functional groups attached to an aromatic ring is 1. The molecule has 2 heterocycles. The first-order chi connectivity index (χ1) is 13.2. The molecule has 1 amide bonds. The average molecular weight is 354 g/mol. The van der Waals surface area contributed by atoms with Crippen molar-refractivity contribution in [1.29, 1.82) is 0 Å². The second kappa shape index (κ2) is 6.97. The number of hydrogen-bond donors (Lipinski definition) is 2. The number of hydrogen-bond acceptors (Lipinski definition) is 4. The van der Waals surface area contributed by atoms with Crippen LogP contribution in [0.3, 0.4) is 0 Å². The molecule has 0 fully saturated rings. The largest absolute Gasteiger partial charge is 0.290 e. The maximum absolute atomic E-state index is 12.2. The van der Waals surface area contributed by atoms with Crippen LogP contribution in [0.25, 0.3) is 33.3 Å². The van der Waals surface area contributed by atoms with E-state index >= 15 is 0 Å². The lowest BCUT2D eigenvalue weighted by molar-refractivity contribution is 0.0955. The molecular formula is C22H18N4O. The molecule has 0 radical (unpaired) electrons. The molecule has 0 unspecified atom stereocenters. The van der Waals surface area contributed by atoms with Gasteiger partial charge in [0, 0.05) is 23.3 Å². The fourth-order valence-corrected chi connectivity index (χ4v) is 3.06. The maximum Gasteiger partial charge on any atom is 0.265 e. The summed E-state index contributed by atoms with van der Waals surface area (Å²) >= 11 is 0. The van der Waals surface area contributed by atoms with Gasteiger partial charge in [-0.25, -0.2) is 10.8 Å². The Morgan fingerprint density at radius 2 is 1.56 bits per heavy atom. The number of carbonyl (C=O) groups excluding carboxylic acids is 1. The summed E-state index contributed by atoms with van der Waals surface area (Å²) in [5.74, 6) is 4.97. The fraction of sp³-hybridized carbons (Fsp3) is 0.0455. The molecule has 0 bridgehead atoms. The van der Waals surface area contributed by atoms with E-state index in [9.17, 15) is 4.79 Å². The predicted octanol–water partition coefficient (Wildman–Crippen LogP) is 3.88. The number of amides is 1. The van der Waals surface area contributed by atoms with E-state index in [1.165, 1.54) is 5.56 Å². The van der Waals surface area contributed by atoms with Crippen molar-refractivity contribution in [3.63, 3.8) is 0 Å². The van der Waals surface area contributed by atoms with Gasteiger partial charge in [-0.15, -0.1) is 0 Å². The molecule has 27 heavy (non-hydrogen) atoms. The number of aryl methyl sites for hydroxylation is 1. The summed E-state index contributed by atoms with van der Waals surface area (Å²) in [6.45, 7) is 2.07. The third-order valence-corrected chi connectivity index (χ3v) is 4.55. The first kappa shape index (κ1) is 16.9. The van der Waals surface area contributed by atoms with Crippen molar-refractivity contribution in [2.24, 2.45) is 5.84 Å². The summed E-state index contributed by atoms with van der Waals surface area (Å²) in [5, 5.41) is 0.667. The lowest BCUT2D eigenvalue weighted by Crippen LogP contribution is -2.30. The van der Waals surface area contributed by atoms with E-state index in [0.29, 0.717) is 22.2 Å². The summed E-state index contributed by atoms with van der Waals surface area (Å²) in [4.78, 5) is 20.9. The van der Waals surface area contributed by atoms with Gasteiger partial charge in [0.1, 0.15) is 0 Å². The SMILES string of the molecule is Cc1ccc(-c2ccc(-c3cc(C(=O)NN)c4cnccc4n3)cc2)cc1. The van der Waals surface area contributed by atoms with E-state index in [0.717, 1.165) is 16.7 Å². The molecule has 0 saturated heterocycles. The van der Waals surface area contributed by atoms with Gasteiger partial charge in [0.25, 0.3) is 5.91 Å². The van der Waals surface area contributed by atoms with Crippen LogP contribution < -0.4 is 11.3 Å². The number of rotatable bonds is 3. The highest BCUT2D eigenvalue weighted by Gasteiger charge is 2.13. The Labute approximate surface area is 156 Å². The topological polar surface area (TPSA) is 80.9 Å². The van der Waals surface area contributed by atoms with Crippen molar-refractivity contribution in [2.75, 3.05) is 0 Å². The van der Waals surface area contributed by atoms with Gasteiger partial charge in [0.2, 0.25) is 0 Å². The number of nitrogens with one attached hydrogen (secondary N) is 1. The highest BCUT2D eigenvalue weighted by molar-refractivity contribution is 6.06. The van der Waals surface area contributed by atoms with Crippen molar-refractivity contribution in [3.05, 3.63) is 84.2 Å². The maximum atomic E-state index is 12.2.